The third kappa shape index (κ3) is 2.79. The van der Waals surface area contributed by atoms with Crippen molar-refractivity contribution in [3.63, 3.8) is 0 Å². The van der Waals surface area contributed by atoms with Crippen molar-refractivity contribution < 1.29 is 34.8 Å². The lowest BCUT2D eigenvalue weighted by atomic mass is 9.59. The summed E-state index contributed by atoms with van der Waals surface area (Å²) in [6, 6.07) is 6.42. The first kappa shape index (κ1) is 21.3. The Bertz CT molecular complexity index is 1340. The number of amides is 1. The van der Waals surface area contributed by atoms with E-state index in [2.05, 4.69) is 4.98 Å². The molecule has 2 aromatic rings. The number of benzene rings is 1. The van der Waals surface area contributed by atoms with Crippen LogP contribution in [0.2, 0.25) is 5.15 Å². The van der Waals surface area contributed by atoms with Crippen molar-refractivity contribution in [3.05, 3.63) is 57.5 Å². The highest BCUT2D eigenvalue weighted by atomic mass is 35.5. The summed E-state index contributed by atoms with van der Waals surface area (Å²) in [7, 11) is 0. The van der Waals surface area contributed by atoms with Gasteiger partial charge in [-0.3, -0.25) is 14.4 Å². The van der Waals surface area contributed by atoms with Gasteiger partial charge in [-0.25, -0.2) is 0 Å². The largest absolute Gasteiger partial charge is 0.508 e. The number of Topliss-reactive ketones (excluding diaryl/α,β-unsaturated/α-hetero) is 2. The van der Waals surface area contributed by atoms with Gasteiger partial charge in [-0.15, -0.1) is 0 Å². The molecule has 10 heteroatoms. The Morgan fingerprint density at radius 1 is 1.12 bits per heavy atom. The van der Waals surface area contributed by atoms with Crippen molar-refractivity contribution in [1.82, 2.24) is 4.98 Å². The minimum absolute atomic E-state index is 0.0327. The third-order valence-electron chi connectivity index (χ3n) is 6.89. The quantitative estimate of drug-likeness (QED) is 0.364. The molecule has 3 atom stereocenters. The van der Waals surface area contributed by atoms with Crippen LogP contribution in [0.4, 0.5) is 0 Å². The average Bonchev–Trinajstić information content (AvgIpc) is 3.16. The molecule has 1 saturated carbocycles. The molecular formula is C23H19ClN2O7. The second kappa shape index (κ2) is 6.97. The van der Waals surface area contributed by atoms with Crippen LogP contribution in [0, 0.1) is 11.8 Å². The second-order valence-corrected chi connectivity index (χ2v) is 9.02. The van der Waals surface area contributed by atoms with Crippen LogP contribution in [0.25, 0.3) is 17.0 Å². The molecule has 0 radical (unpaired) electrons. The molecule has 0 saturated heterocycles. The molecular weight excluding hydrogens is 452 g/mol. The lowest BCUT2D eigenvalue weighted by molar-refractivity contribution is -0.147. The molecule has 1 aromatic carbocycles. The van der Waals surface area contributed by atoms with Crippen molar-refractivity contribution in [2.75, 3.05) is 0 Å². The van der Waals surface area contributed by atoms with Gasteiger partial charge in [0, 0.05) is 29.2 Å². The highest BCUT2D eigenvalue weighted by Gasteiger charge is 2.60. The highest BCUT2D eigenvalue weighted by Crippen LogP contribution is 2.53. The minimum atomic E-state index is -2.57. The van der Waals surface area contributed by atoms with Gasteiger partial charge in [0.15, 0.2) is 11.4 Å². The van der Waals surface area contributed by atoms with Crippen molar-refractivity contribution in [2.45, 2.75) is 24.9 Å². The van der Waals surface area contributed by atoms with Gasteiger partial charge in [-0.1, -0.05) is 11.6 Å². The van der Waals surface area contributed by atoms with Crippen molar-refractivity contribution in [3.8, 4) is 17.0 Å². The number of rotatable bonds is 2. The molecule has 0 bridgehead atoms. The normalized spacial score (nSPS) is 26.7. The molecule has 3 aliphatic carbocycles. The molecule has 1 aromatic heterocycles. The molecule has 0 unspecified atom stereocenters. The van der Waals surface area contributed by atoms with Gasteiger partial charge in [-0.05, 0) is 48.6 Å². The number of hydrogen-bond acceptors (Lipinski definition) is 7. The monoisotopic (exact) mass is 470 g/mol. The summed E-state index contributed by atoms with van der Waals surface area (Å²) in [5, 5.41) is 43.8. The van der Waals surface area contributed by atoms with Crippen molar-refractivity contribution in [1.29, 1.82) is 0 Å². The molecule has 1 fully saturated rings. The fourth-order valence-corrected chi connectivity index (χ4v) is 5.56. The number of carbonyl (C=O) groups is 3. The fourth-order valence-electron chi connectivity index (χ4n) is 5.40. The van der Waals surface area contributed by atoms with Crippen LogP contribution in [0.15, 0.2) is 41.2 Å². The van der Waals surface area contributed by atoms with E-state index in [1.165, 1.54) is 6.07 Å². The van der Waals surface area contributed by atoms with Crippen LogP contribution in [-0.4, -0.2) is 48.5 Å². The standard InChI is InChI=1S/C23H19ClN2O7/c24-15-4-2-12(26-15)10-1-3-13(27)17-11(10)6-8-5-9-7-14(28)18(22(25)32)21(31)23(9,33)20(30)16(8)19(17)29/h1-4,8-9,26-27,29,31,33H,5-7H2,(H2,25,32)/t8-,9+,23+/m1/s1. The van der Waals surface area contributed by atoms with Crippen molar-refractivity contribution in [2.24, 2.45) is 17.6 Å². The Balaban J connectivity index is 1.71. The van der Waals surface area contributed by atoms with Gasteiger partial charge < -0.3 is 31.1 Å². The number of aromatic nitrogens is 1. The number of aromatic amines is 1. The maximum absolute atomic E-state index is 13.5. The van der Waals surface area contributed by atoms with E-state index in [4.69, 9.17) is 17.3 Å². The number of phenols is 1. The summed E-state index contributed by atoms with van der Waals surface area (Å²) >= 11 is 6.01. The van der Waals surface area contributed by atoms with Crippen LogP contribution in [0.1, 0.15) is 24.0 Å². The summed E-state index contributed by atoms with van der Waals surface area (Å²) in [4.78, 5) is 40.5. The first-order valence-corrected chi connectivity index (χ1v) is 10.6. The van der Waals surface area contributed by atoms with E-state index >= 15 is 0 Å². The van der Waals surface area contributed by atoms with Crippen LogP contribution in [0.3, 0.4) is 0 Å². The number of phenolic OH excluding ortho intramolecular Hbond substituents is 1. The molecule has 1 heterocycles. The smallest absolute Gasteiger partial charge is 0.255 e. The number of fused-ring (bicyclic) bond motifs is 3. The number of H-pyrrole nitrogens is 1. The summed E-state index contributed by atoms with van der Waals surface area (Å²) in [6.45, 7) is 0. The molecule has 0 aliphatic heterocycles. The van der Waals surface area contributed by atoms with Gasteiger partial charge in [0.2, 0.25) is 5.78 Å². The number of nitrogens with two attached hydrogens (primary N) is 1. The first-order chi connectivity index (χ1) is 15.6. The number of nitrogens with one attached hydrogen (secondary N) is 1. The Labute approximate surface area is 191 Å². The van der Waals surface area contributed by atoms with Gasteiger partial charge >= 0.3 is 0 Å². The summed E-state index contributed by atoms with van der Waals surface area (Å²) < 4.78 is 0. The summed E-state index contributed by atoms with van der Waals surface area (Å²) in [6.07, 6.45) is -0.0701. The fraction of sp³-hybridized carbons (Fsp3) is 0.261. The van der Waals surface area contributed by atoms with E-state index in [-0.39, 0.29) is 36.1 Å². The van der Waals surface area contributed by atoms with Crippen LogP contribution >= 0.6 is 11.6 Å². The molecule has 3 aliphatic rings. The van der Waals surface area contributed by atoms with Gasteiger partial charge in [0.05, 0.1) is 5.56 Å². The van der Waals surface area contributed by atoms with Gasteiger partial charge in [0.25, 0.3) is 5.91 Å². The van der Waals surface area contributed by atoms with Crippen LogP contribution in [0.5, 0.6) is 5.75 Å². The van der Waals surface area contributed by atoms with Crippen LogP contribution < -0.4 is 5.73 Å². The Morgan fingerprint density at radius 3 is 2.48 bits per heavy atom. The first-order valence-electron chi connectivity index (χ1n) is 10.2. The molecule has 5 rings (SSSR count). The zero-order chi connectivity index (χ0) is 23.8. The number of primary amides is 1. The summed E-state index contributed by atoms with van der Waals surface area (Å²) in [5.74, 6) is -6.53. The van der Waals surface area contributed by atoms with Gasteiger partial charge in [0.1, 0.15) is 28.0 Å². The second-order valence-electron chi connectivity index (χ2n) is 8.61. The Kier molecular flexibility index (Phi) is 4.50. The maximum atomic E-state index is 13.5. The zero-order valence-electron chi connectivity index (χ0n) is 17.1. The number of hydrogen-bond donors (Lipinski definition) is 6. The maximum Gasteiger partial charge on any atom is 0.255 e. The SMILES string of the molecule is NC(=O)C1=C(O)[C@@]2(O)C(=O)C3=C(O)c4c(O)ccc(-c5ccc(Cl)[nH]5)c4C[C@H]3C[C@H]2CC1=O. The van der Waals surface area contributed by atoms with E-state index in [1.807, 2.05) is 0 Å². The molecule has 170 valence electrons. The number of aliphatic hydroxyl groups is 3. The van der Waals surface area contributed by atoms with Crippen LogP contribution in [-0.2, 0) is 20.8 Å². The molecule has 33 heavy (non-hydrogen) atoms. The molecule has 9 nitrogen and oxygen atoms in total. The third-order valence-corrected chi connectivity index (χ3v) is 7.11. The zero-order valence-corrected chi connectivity index (χ0v) is 17.8. The molecule has 0 spiro atoms. The lowest BCUT2D eigenvalue weighted by Crippen LogP contribution is -2.58. The topological polar surface area (TPSA) is 174 Å². The van der Waals surface area contributed by atoms with Crippen molar-refractivity contribution >= 4 is 34.8 Å². The number of carbonyl (C=O) groups excluding carboxylic acids is 3. The average molecular weight is 471 g/mol. The number of ketones is 2. The number of halogens is 1. The molecule has 7 N–H and O–H groups in total. The van der Waals surface area contributed by atoms with E-state index < -0.39 is 52.0 Å². The lowest BCUT2D eigenvalue weighted by Gasteiger charge is -2.46. The van der Waals surface area contributed by atoms with E-state index in [0.717, 1.165) is 0 Å². The van der Waals surface area contributed by atoms with E-state index in [0.29, 0.717) is 22.0 Å². The number of aliphatic hydroxyl groups excluding tert-OH is 2. The Morgan fingerprint density at radius 2 is 1.85 bits per heavy atom. The Hall–Kier alpha value is -3.56. The van der Waals surface area contributed by atoms with E-state index in [9.17, 15) is 34.8 Å². The summed E-state index contributed by atoms with van der Waals surface area (Å²) in [5.41, 5.74) is 3.52. The predicted octanol–water partition coefficient (Wildman–Crippen LogP) is 2.07. The highest BCUT2D eigenvalue weighted by molar-refractivity contribution is 6.29. The van der Waals surface area contributed by atoms with Gasteiger partial charge in [-0.2, -0.15) is 0 Å². The minimum Gasteiger partial charge on any atom is -0.508 e. The number of aromatic hydroxyl groups is 1. The predicted molar refractivity (Wildman–Crippen MR) is 116 cm³/mol. The van der Waals surface area contributed by atoms with E-state index in [1.54, 1.807) is 18.2 Å². The molecule has 1 amide bonds.